The first-order valence-corrected chi connectivity index (χ1v) is 5.01. The van der Waals surface area contributed by atoms with Crippen molar-refractivity contribution in [2.75, 3.05) is 18.1 Å². The van der Waals surface area contributed by atoms with Crippen LogP contribution in [-0.2, 0) is 0 Å². The van der Waals surface area contributed by atoms with Gasteiger partial charge < -0.3 is 9.84 Å². The van der Waals surface area contributed by atoms with E-state index in [1.807, 2.05) is 0 Å². The number of fused-ring (bicyclic) bond motifs is 1. The maximum atomic E-state index is 13.1. The topological polar surface area (TPSA) is 49.8 Å². The van der Waals surface area contributed by atoms with Crippen LogP contribution >= 0.6 is 15.9 Å². The van der Waals surface area contributed by atoms with Crippen molar-refractivity contribution < 1.29 is 19.0 Å². The number of amides is 1. The van der Waals surface area contributed by atoms with E-state index in [9.17, 15) is 9.18 Å². The Labute approximate surface area is 93.4 Å². The summed E-state index contributed by atoms with van der Waals surface area (Å²) < 4.78 is 18.5. The summed E-state index contributed by atoms with van der Waals surface area (Å²) in [5, 5.41) is 8.91. The number of nitrogens with zero attached hydrogens (tertiary/aromatic N) is 1. The van der Waals surface area contributed by atoms with Crippen LogP contribution in [0.2, 0.25) is 0 Å². The van der Waals surface area contributed by atoms with E-state index in [1.54, 1.807) is 0 Å². The highest BCUT2D eigenvalue weighted by Crippen LogP contribution is 2.35. The Kier molecular flexibility index (Phi) is 2.52. The predicted octanol–water partition coefficient (Wildman–Crippen LogP) is 2.47. The van der Waals surface area contributed by atoms with E-state index >= 15 is 0 Å². The summed E-state index contributed by atoms with van der Waals surface area (Å²) in [6.45, 7) is 0.487. The SMILES string of the molecule is O=C(O)N1CCOc2cc(F)c(Br)cc21. The molecule has 6 heteroatoms. The van der Waals surface area contributed by atoms with Crippen molar-refractivity contribution >= 4 is 27.7 Å². The minimum Gasteiger partial charge on any atom is -0.489 e. The summed E-state index contributed by atoms with van der Waals surface area (Å²) in [7, 11) is 0. The monoisotopic (exact) mass is 275 g/mol. The van der Waals surface area contributed by atoms with Gasteiger partial charge in [-0.1, -0.05) is 0 Å². The second-order valence-corrected chi connectivity index (χ2v) is 3.87. The van der Waals surface area contributed by atoms with Crippen molar-refractivity contribution in [2.24, 2.45) is 0 Å². The lowest BCUT2D eigenvalue weighted by Crippen LogP contribution is -2.36. The molecule has 1 aromatic carbocycles. The van der Waals surface area contributed by atoms with Gasteiger partial charge in [-0.3, -0.25) is 4.90 Å². The number of carboxylic acid groups (broad SMARTS) is 1. The fraction of sp³-hybridized carbons (Fsp3) is 0.222. The Bertz CT molecular complexity index is 424. The van der Waals surface area contributed by atoms with Gasteiger partial charge in [0.05, 0.1) is 16.7 Å². The van der Waals surface area contributed by atoms with E-state index in [-0.39, 0.29) is 23.4 Å². The van der Waals surface area contributed by atoms with Crippen molar-refractivity contribution in [1.82, 2.24) is 0 Å². The van der Waals surface area contributed by atoms with Gasteiger partial charge in [-0.15, -0.1) is 0 Å². The number of anilines is 1. The zero-order chi connectivity index (χ0) is 11.0. The van der Waals surface area contributed by atoms with E-state index in [1.165, 1.54) is 12.1 Å². The first kappa shape index (κ1) is 10.2. The molecular formula is C9H7BrFNO3. The van der Waals surface area contributed by atoms with Gasteiger partial charge in [-0.25, -0.2) is 9.18 Å². The molecule has 0 bridgehead atoms. The van der Waals surface area contributed by atoms with Crippen LogP contribution in [-0.4, -0.2) is 24.4 Å². The number of carbonyl (C=O) groups is 1. The third-order valence-electron chi connectivity index (χ3n) is 2.10. The first-order valence-electron chi connectivity index (χ1n) is 4.22. The average molecular weight is 276 g/mol. The quantitative estimate of drug-likeness (QED) is 0.791. The van der Waals surface area contributed by atoms with Crippen molar-refractivity contribution in [3.8, 4) is 5.75 Å². The lowest BCUT2D eigenvalue weighted by Gasteiger charge is -2.27. The summed E-state index contributed by atoms with van der Waals surface area (Å²) in [5.41, 5.74) is 0.363. The Balaban J connectivity index is 2.51. The summed E-state index contributed by atoms with van der Waals surface area (Å²) in [5.74, 6) is -0.217. The van der Waals surface area contributed by atoms with Gasteiger partial charge in [0.2, 0.25) is 0 Å². The number of ether oxygens (including phenoxy) is 1. The van der Waals surface area contributed by atoms with Gasteiger partial charge in [0, 0.05) is 6.07 Å². The molecule has 80 valence electrons. The van der Waals surface area contributed by atoms with Crippen molar-refractivity contribution in [3.63, 3.8) is 0 Å². The molecule has 0 aromatic heterocycles. The van der Waals surface area contributed by atoms with Crippen molar-refractivity contribution in [3.05, 3.63) is 22.4 Å². The molecule has 0 spiro atoms. The van der Waals surface area contributed by atoms with Crippen LogP contribution < -0.4 is 9.64 Å². The Morgan fingerprint density at radius 3 is 3.00 bits per heavy atom. The van der Waals surface area contributed by atoms with Crippen LogP contribution in [0.1, 0.15) is 0 Å². The fourth-order valence-electron chi connectivity index (χ4n) is 1.41. The summed E-state index contributed by atoms with van der Waals surface area (Å²) in [6, 6.07) is 2.58. The third-order valence-corrected chi connectivity index (χ3v) is 2.70. The van der Waals surface area contributed by atoms with Crippen LogP contribution in [0.5, 0.6) is 5.75 Å². The van der Waals surface area contributed by atoms with Crippen LogP contribution in [0.4, 0.5) is 14.9 Å². The van der Waals surface area contributed by atoms with E-state index in [4.69, 9.17) is 9.84 Å². The van der Waals surface area contributed by atoms with Gasteiger partial charge in [0.15, 0.2) is 0 Å². The molecule has 1 aliphatic heterocycles. The molecule has 1 N–H and O–H groups in total. The second-order valence-electron chi connectivity index (χ2n) is 3.02. The maximum Gasteiger partial charge on any atom is 0.412 e. The van der Waals surface area contributed by atoms with E-state index in [0.717, 1.165) is 4.90 Å². The van der Waals surface area contributed by atoms with Gasteiger partial charge >= 0.3 is 6.09 Å². The Morgan fingerprint density at radius 1 is 1.60 bits per heavy atom. The minimum atomic E-state index is -1.07. The van der Waals surface area contributed by atoms with E-state index < -0.39 is 11.9 Å². The maximum absolute atomic E-state index is 13.1. The highest BCUT2D eigenvalue weighted by Gasteiger charge is 2.24. The normalized spacial score (nSPS) is 14.4. The molecule has 1 aliphatic rings. The molecule has 0 saturated carbocycles. The standard InChI is InChI=1S/C9H7BrFNO3/c10-5-3-7-8(4-6(5)11)15-2-1-12(7)9(13)14/h3-4H,1-2H2,(H,13,14). The lowest BCUT2D eigenvalue weighted by atomic mass is 10.2. The first-order chi connectivity index (χ1) is 7.09. The summed E-state index contributed by atoms with van der Waals surface area (Å²) in [6.07, 6.45) is -1.07. The highest BCUT2D eigenvalue weighted by molar-refractivity contribution is 9.10. The molecule has 0 fully saturated rings. The van der Waals surface area contributed by atoms with E-state index in [2.05, 4.69) is 15.9 Å². The summed E-state index contributed by atoms with van der Waals surface area (Å²) >= 11 is 3.00. The molecular weight excluding hydrogens is 269 g/mol. The van der Waals surface area contributed by atoms with Crippen LogP contribution in [0.3, 0.4) is 0 Å². The smallest absolute Gasteiger partial charge is 0.412 e. The van der Waals surface area contributed by atoms with Crippen LogP contribution in [0.25, 0.3) is 0 Å². The molecule has 0 unspecified atom stereocenters. The second kappa shape index (κ2) is 3.69. The van der Waals surface area contributed by atoms with Gasteiger partial charge in [-0.2, -0.15) is 0 Å². The molecule has 0 radical (unpaired) electrons. The number of hydrogen-bond donors (Lipinski definition) is 1. The molecule has 0 atom stereocenters. The molecule has 1 aromatic rings. The molecule has 1 amide bonds. The van der Waals surface area contributed by atoms with Gasteiger partial charge in [0.1, 0.15) is 18.2 Å². The number of benzene rings is 1. The molecule has 15 heavy (non-hydrogen) atoms. The molecule has 0 saturated heterocycles. The molecule has 1 heterocycles. The van der Waals surface area contributed by atoms with Crippen molar-refractivity contribution in [2.45, 2.75) is 0 Å². The molecule has 0 aliphatic carbocycles. The number of rotatable bonds is 0. The predicted molar refractivity (Wildman–Crippen MR) is 55.0 cm³/mol. The highest BCUT2D eigenvalue weighted by atomic mass is 79.9. The Morgan fingerprint density at radius 2 is 2.33 bits per heavy atom. The lowest BCUT2D eigenvalue weighted by molar-refractivity contribution is 0.196. The van der Waals surface area contributed by atoms with Gasteiger partial charge in [0.25, 0.3) is 0 Å². The fourth-order valence-corrected chi connectivity index (χ4v) is 1.74. The zero-order valence-electron chi connectivity index (χ0n) is 7.54. The van der Waals surface area contributed by atoms with Crippen LogP contribution in [0.15, 0.2) is 16.6 Å². The van der Waals surface area contributed by atoms with Crippen molar-refractivity contribution in [1.29, 1.82) is 0 Å². The number of hydrogen-bond acceptors (Lipinski definition) is 2. The third kappa shape index (κ3) is 1.77. The average Bonchev–Trinajstić information content (AvgIpc) is 2.18. The summed E-state index contributed by atoms with van der Waals surface area (Å²) in [4.78, 5) is 12.0. The molecule has 2 rings (SSSR count). The zero-order valence-corrected chi connectivity index (χ0v) is 9.12. The van der Waals surface area contributed by atoms with E-state index in [0.29, 0.717) is 5.69 Å². The Hall–Kier alpha value is -1.30. The largest absolute Gasteiger partial charge is 0.489 e. The van der Waals surface area contributed by atoms with Crippen LogP contribution in [0, 0.1) is 5.82 Å². The molecule has 4 nitrogen and oxygen atoms in total. The van der Waals surface area contributed by atoms with Gasteiger partial charge in [-0.05, 0) is 22.0 Å². The number of halogens is 2. The minimum absolute atomic E-state index is 0.220.